The van der Waals surface area contributed by atoms with Gasteiger partial charge in [-0.1, -0.05) is 35.2 Å². The first-order valence-corrected chi connectivity index (χ1v) is 7.59. The van der Waals surface area contributed by atoms with Crippen molar-refractivity contribution in [2.75, 3.05) is 14.2 Å². The van der Waals surface area contributed by atoms with Crippen molar-refractivity contribution in [3.63, 3.8) is 0 Å². The van der Waals surface area contributed by atoms with Crippen molar-refractivity contribution in [3.05, 3.63) is 34.1 Å². The van der Waals surface area contributed by atoms with E-state index in [1.165, 1.54) is 12.5 Å². The van der Waals surface area contributed by atoms with Crippen molar-refractivity contribution in [2.45, 2.75) is 43.7 Å². The van der Waals surface area contributed by atoms with Crippen LogP contribution in [0, 0.1) is 5.82 Å². The lowest BCUT2D eigenvalue weighted by molar-refractivity contribution is -0.0678. The summed E-state index contributed by atoms with van der Waals surface area (Å²) in [6.07, 6.45) is 5.47. The number of likely N-dealkylation sites (N-methyl/N-ethyl adjacent to an activating group) is 1. The Labute approximate surface area is 122 Å². The lowest BCUT2D eigenvalue weighted by Crippen LogP contribution is -2.46. The van der Waals surface area contributed by atoms with E-state index in [0.717, 1.165) is 30.2 Å². The Morgan fingerprint density at radius 2 is 2.00 bits per heavy atom. The summed E-state index contributed by atoms with van der Waals surface area (Å²) in [7, 11) is 3.62. The van der Waals surface area contributed by atoms with Crippen LogP contribution in [-0.2, 0) is 4.74 Å². The Morgan fingerprint density at radius 3 is 2.58 bits per heavy atom. The molecule has 106 valence electrons. The van der Waals surface area contributed by atoms with E-state index in [-0.39, 0.29) is 17.5 Å². The van der Waals surface area contributed by atoms with Gasteiger partial charge in [0, 0.05) is 17.1 Å². The molecule has 1 N–H and O–H groups in total. The van der Waals surface area contributed by atoms with E-state index in [4.69, 9.17) is 4.74 Å². The van der Waals surface area contributed by atoms with Gasteiger partial charge in [-0.05, 0) is 38.1 Å². The zero-order valence-electron chi connectivity index (χ0n) is 11.5. The van der Waals surface area contributed by atoms with Gasteiger partial charge in [0.15, 0.2) is 0 Å². The molecule has 0 amide bonds. The van der Waals surface area contributed by atoms with E-state index in [9.17, 15) is 4.39 Å². The number of nitrogens with one attached hydrogen (secondary N) is 1. The Balaban J connectivity index is 2.39. The van der Waals surface area contributed by atoms with Gasteiger partial charge >= 0.3 is 0 Å². The van der Waals surface area contributed by atoms with Gasteiger partial charge in [-0.25, -0.2) is 4.39 Å². The highest BCUT2D eigenvalue weighted by Gasteiger charge is 2.41. The molecule has 1 aromatic rings. The molecule has 0 spiro atoms. The van der Waals surface area contributed by atoms with Crippen LogP contribution in [0.4, 0.5) is 4.39 Å². The molecule has 2 rings (SSSR count). The molecule has 0 aliphatic heterocycles. The van der Waals surface area contributed by atoms with Crippen LogP contribution < -0.4 is 5.32 Å². The third-order valence-corrected chi connectivity index (χ3v) is 4.68. The van der Waals surface area contributed by atoms with Crippen molar-refractivity contribution in [1.82, 2.24) is 5.32 Å². The molecule has 1 atom stereocenters. The molecule has 1 aliphatic carbocycles. The van der Waals surface area contributed by atoms with Crippen LogP contribution in [-0.4, -0.2) is 19.8 Å². The summed E-state index contributed by atoms with van der Waals surface area (Å²) in [5.74, 6) is -0.176. The average molecular weight is 330 g/mol. The highest BCUT2D eigenvalue weighted by Crippen LogP contribution is 2.42. The first-order valence-electron chi connectivity index (χ1n) is 6.80. The van der Waals surface area contributed by atoms with Crippen molar-refractivity contribution < 1.29 is 9.13 Å². The molecule has 0 bridgehead atoms. The van der Waals surface area contributed by atoms with Crippen molar-refractivity contribution in [3.8, 4) is 0 Å². The summed E-state index contributed by atoms with van der Waals surface area (Å²) in [6, 6.07) is 4.98. The summed E-state index contributed by atoms with van der Waals surface area (Å²) >= 11 is 3.42. The Morgan fingerprint density at radius 1 is 1.32 bits per heavy atom. The molecular weight excluding hydrogens is 309 g/mol. The maximum atomic E-state index is 14.2. The molecule has 19 heavy (non-hydrogen) atoms. The number of hydrogen-bond acceptors (Lipinski definition) is 2. The zero-order valence-corrected chi connectivity index (χ0v) is 13.1. The predicted octanol–water partition coefficient (Wildman–Crippen LogP) is 4.20. The molecule has 0 heterocycles. The van der Waals surface area contributed by atoms with Crippen molar-refractivity contribution in [2.24, 2.45) is 0 Å². The second-order valence-corrected chi connectivity index (χ2v) is 6.13. The molecule has 4 heteroatoms. The van der Waals surface area contributed by atoms with Gasteiger partial charge in [-0.15, -0.1) is 0 Å². The quantitative estimate of drug-likeness (QED) is 0.893. The van der Waals surface area contributed by atoms with Crippen LogP contribution in [0.25, 0.3) is 0 Å². The molecule has 1 unspecified atom stereocenters. The maximum absolute atomic E-state index is 14.2. The molecule has 1 aliphatic rings. The standard InChI is InChI=1S/C15H21BrFNO/c1-18-14(12-10-11(16)6-7-13(12)17)15(19-2)8-4-3-5-9-15/h6-7,10,14,18H,3-5,8-9H2,1-2H3. The maximum Gasteiger partial charge on any atom is 0.128 e. The second-order valence-electron chi connectivity index (χ2n) is 5.22. The topological polar surface area (TPSA) is 21.3 Å². The van der Waals surface area contributed by atoms with E-state index >= 15 is 0 Å². The van der Waals surface area contributed by atoms with Crippen LogP contribution in [0.2, 0.25) is 0 Å². The molecule has 0 radical (unpaired) electrons. The Bertz CT molecular complexity index is 432. The van der Waals surface area contributed by atoms with E-state index in [1.54, 1.807) is 13.2 Å². The Hall–Kier alpha value is -0.450. The Kier molecular flexibility index (Phi) is 4.98. The summed E-state index contributed by atoms with van der Waals surface area (Å²) in [5, 5.41) is 3.26. The smallest absolute Gasteiger partial charge is 0.128 e. The highest BCUT2D eigenvalue weighted by atomic mass is 79.9. The molecule has 1 fully saturated rings. The fourth-order valence-electron chi connectivity index (χ4n) is 3.20. The fraction of sp³-hybridized carbons (Fsp3) is 0.600. The van der Waals surface area contributed by atoms with Gasteiger partial charge < -0.3 is 10.1 Å². The van der Waals surface area contributed by atoms with Crippen LogP contribution in [0.15, 0.2) is 22.7 Å². The molecule has 0 aromatic heterocycles. The number of methoxy groups -OCH3 is 1. The fourth-order valence-corrected chi connectivity index (χ4v) is 3.58. The number of ether oxygens (including phenoxy) is 1. The first kappa shape index (κ1) is 14.9. The van der Waals surface area contributed by atoms with Gasteiger partial charge in [0.25, 0.3) is 0 Å². The average Bonchev–Trinajstić information content (AvgIpc) is 2.44. The second kappa shape index (κ2) is 6.33. The van der Waals surface area contributed by atoms with Crippen LogP contribution in [0.5, 0.6) is 0 Å². The molecule has 2 nitrogen and oxygen atoms in total. The normalized spacial score (nSPS) is 20.2. The van der Waals surface area contributed by atoms with Crippen LogP contribution in [0.3, 0.4) is 0 Å². The van der Waals surface area contributed by atoms with Crippen LogP contribution in [0.1, 0.15) is 43.7 Å². The number of benzene rings is 1. The SMILES string of the molecule is CNC(c1cc(Br)ccc1F)C1(OC)CCCCC1. The van der Waals surface area contributed by atoms with Gasteiger partial charge in [0.2, 0.25) is 0 Å². The predicted molar refractivity (Wildman–Crippen MR) is 78.7 cm³/mol. The number of halogens is 2. The third-order valence-electron chi connectivity index (χ3n) is 4.19. The van der Waals surface area contributed by atoms with E-state index in [2.05, 4.69) is 21.2 Å². The summed E-state index contributed by atoms with van der Waals surface area (Å²) in [4.78, 5) is 0. The monoisotopic (exact) mass is 329 g/mol. The number of hydrogen-bond donors (Lipinski definition) is 1. The van der Waals surface area contributed by atoms with Crippen LogP contribution >= 0.6 is 15.9 Å². The van der Waals surface area contributed by atoms with Gasteiger partial charge in [0.05, 0.1) is 11.6 Å². The first-order chi connectivity index (χ1) is 9.13. The minimum Gasteiger partial charge on any atom is -0.376 e. The minimum absolute atomic E-state index is 0.115. The summed E-state index contributed by atoms with van der Waals surface area (Å²) in [6.45, 7) is 0. The molecular formula is C15H21BrFNO. The van der Waals surface area contributed by atoms with Gasteiger partial charge in [0.1, 0.15) is 5.82 Å². The lowest BCUT2D eigenvalue weighted by atomic mass is 9.76. The summed E-state index contributed by atoms with van der Waals surface area (Å²) < 4.78 is 20.9. The summed E-state index contributed by atoms with van der Waals surface area (Å²) in [5.41, 5.74) is 0.384. The van der Waals surface area contributed by atoms with Crippen molar-refractivity contribution >= 4 is 15.9 Å². The van der Waals surface area contributed by atoms with E-state index < -0.39 is 0 Å². The zero-order chi connectivity index (χ0) is 13.9. The largest absolute Gasteiger partial charge is 0.376 e. The van der Waals surface area contributed by atoms with Crippen molar-refractivity contribution in [1.29, 1.82) is 0 Å². The molecule has 1 saturated carbocycles. The third kappa shape index (κ3) is 3.01. The van der Waals surface area contributed by atoms with Gasteiger partial charge in [-0.3, -0.25) is 0 Å². The molecule has 0 saturated heterocycles. The minimum atomic E-state index is -0.297. The lowest BCUT2D eigenvalue weighted by Gasteiger charge is -2.42. The van der Waals surface area contributed by atoms with Gasteiger partial charge in [-0.2, -0.15) is 0 Å². The molecule has 1 aromatic carbocycles. The van der Waals surface area contributed by atoms with E-state index in [0.29, 0.717) is 5.56 Å². The van der Waals surface area contributed by atoms with E-state index in [1.807, 2.05) is 13.1 Å². The number of rotatable bonds is 4. The highest BCUT2D eigenvalue weighted by molar-refractivity contribution is 9.10.